The van der Waals surface area contributed by atoms with Gasteiger partial charge in [0.25, 0.3) is 0 Å². The molecule has 0 aliphatic rings. The van der Waals surface area contributed by atoms with Gasteiger partial charge in [-0.15, -0.1) is 0 Å². The summed E-state index contributed by atoms with van der Waals surface area (Å²) in [4.78, 5) is 24.0. The average Bonchev–Trinajstić information content (AvgIpc) is 2.65. The third kappa shape index (κ3) is 2.39. The number of benzene rings is 2. The molecule has 110 valence electrons. The van der Waals surface area contributed by atoms with Gasteiger partial charge in [-0.1, -0.05) is 43.3 Å². The molecule has 0 heterocycles. The number of ether oxygens (including phenoxy) is 1. The first-order valence-electron chi connectivity index (χ1n) is 6.99. The Morgan fingerprint density at radius 2 is 1.82 bits per heavy atom. The molecule has 0 spiro atoms. The van der Waals surface area contributed by atoms with Gasteiger partial charge in [0.05, 0.1) is 5.39 Å². The highest BCUT2D eigenvalue weighted by atomic mass is 16.5. The molecule has 3 aromatic carbocycles. The summed E-state index contributed by atoms with van der Waals surface area (Å²) in [6.07, 6.45) is 0.234. The van der Waals surface area contributed by atoms with Gasteiger partial charge in [-0.3, -0.25) is 9.59 Å². The van der Waals surface area contributed by atoms with Crippen molar-refractivity contribution in [3.05, 3.63) is 58.8 Å². The van der Waals surface area contributed by atoms with Crippen LogP contribution in [0.15, 0.2) is 53.3 Å². The number of hydrogen-bond acceptors (Lipinski definition) is 4. The highest BCUT2D eigenvalue weighted by Gasteiger charge is 2.10. The zero-order valence-corrected chi connectivity index (χ0v) is 12.0. The van der Waals surface area contributed by atoms with E-state index in [2.05, 4.69) is 0 Å². The summed E-state index contributed by atoms with van der Waals surface area (Å²) in [7, 11) is 0. The Bertz CT molecular complexity index is 944. The van der Waals surface area contributed by atoms with Crippen molar-refractivity contribution in [3.63, 3.8) is 0 Å². The van der Waals surface area contributed by atoms with E-state index in [1.54, 1.807) is 31.2 Å². The van der Waals surface area contributed by atoms with Gasteiger partial charge >= 0.3 is 5.97 Å². The lowest BCUT2D eigenvalue weighted by molar-refractivity contribution is -0.134. The molecule has 0 aromatic heterocycles. The molecule has 0 atom stereocenters. The molecule has 1 N–H and O–H groups in total. The fourth-order valence-electron chi connectivity index (χ4n) is 2.43. The first-order valence-corrected chi connectivity index (χ1v) is 6.99. The fraction of sp³-hybridized carbons (Fsp3) is 0.111. The van der Waals surface area contributed by atoms with E-state index in [4.69, 9.17) is 4.74 Å². The van der Waals surface area contributed by atoms with Crippen LogP contribution in [0.4, 0.5) is 0 Å². The van der Waals surface area contributed by atoms with E-state index in [0.717, 1.165) is 5.39 Å². The highest BCUT2D eigenvalue weighted by Crippen LogP contribution is 2.29. The number of aromatic hydroxyl groups is 1. The Balaban J connectivity index is 2.34. The molecule has 3 rings (SSSR count). The maximum Gasteiger partial charge on any atom is 0.310 e. The van der Waals surface area contributed by atoms with Crippen molar-refractivity contribution in [2.45, 2.75) is 13.3 Å². The van der Waals surface area contributed by atoms with Crippen LogP contribution >= 0.6 is 0 Å². The number of phenols is 1. The molecule has 4 nitrogen and oxygen atoms in total. The number of carbonyl (C=O) groups is 1. The average molecular weight is 294 g/mol. The predicted octanol–water partition coefficient (Wildman–Crippen LogP) is 3.37. The van der Waals surface area contributed by atoms with Crippen LogP contribution in [0.1, 0.15) is 13.3 Å². The maximum atomic E-state index is 12.6. The van der Waals surface area contributed by atoms with Crippen LogP contribution in [0.2, 0.25) is 0 Å². The Morgan fingerprint density at radius 3 is 2.59 bits per heavy atom. The molecule has 0 unspecified atom stereocenters. The van der Waals surface area contributed by atoms with E-state index in [0.29, 0.717) is 10.8 Å². The zero-order valence-electron chi connectivity index (χ0n) is 12.0. The predicted molar refractivity (Wildman–Crippen MR) is 85.3 cm³/mol. The molecule has 22 heavy (non-hydrogen) atoms. The molecule has 0 saturated heterocycles. The topological polar surface area (TPSA) is 63.6 Å². The monoisotopic (exact) mass is 294 g/mol. The molecule has 0 saturated carbocycles. The second-order valence-electron chi connectivity index (χ2n) is 4.98. The van der Waals surface area contributed by atoms with E-state index in [9.17, 15) is 14.7 Å². The summed E-state index contributed by atoms with van der Waals surface area (Å²) < 4.78 is 5.12. The number of rotatable bonds is 2. The van der Waals surface area contributed by atoms with Crippen LogP contribution in [0, 0.1) is 0 Å². The van der Waals surface area contributed by atoms with Crippen molar-refractivity contribution >= 4 is 27.5 Å². The molecule has 0 radical (unpaired) electrons. The minimum atomic E-state index is -0.397. The lowest BCUT2D eigenvalue weighted by Crippen LogP contribution is -2.06. The van der Waals surface area contributed by atoms with Gasteiger partial charge < -0.3 is 9.84 Å². The standard InChI is InChI=1S/C18H14O4/c1-2-16(20)22-13-9-12-8-7-11-5-3-4-6-14(11)18(21)17(12)15(19)10-13/h3-10,19H,2H2,1H3. The van der Waals surface area contributed by atoms with Crippen molar-refractivity contribution in [3.8, 4) is 11.5 Å². The van der Waals surface area contributed by atoms with Crippen LogP contribution in [0.25, 0.3) is 21.5 Å². The lowest BCUT2D eigenvalue weighted by atomic mass is 10.1. The maximum absolute atomic E-state index is 12.6. The number of esters is 1. The third-order valence-corrected chi connectivity index (χ3v) is 3.52. The minimum absolute atomic E-state index is 0.192. The van der Waals surface area contributed by atoms with Crippen molar-refractivity contribution in [1.29, 1.82) is 0 Å². The van der Waals surface area contributed by atoms with Crippen molar-refractivity contribution in [2.24, 2.45) is 0 Å². The van der Waals surface area contributed by atoms with Crippen molar-refractivity contribution in [1.82, 2.24) is 0 Å². The molecule has 0 fully saturated rings. The Morgan fingerprint density at radius 1 is 1.09 bits per heavy atom. The normalized spacial score (nSPS) is 10.8. The molecule has 4 heteroatoms. The number of carbonyl (C=O) groups excluding carboxylic acids is 1. The SMILES string of the molecule is CCC(=O)Oc1cc(O)c2c(=O)c3ccccc3ccc2c1. The molecular formula is C18H14O4. The fourth-order valence-corrected chi connectivity index (χ4v) is 2.43. The second kappa shape index (κ2) is 5.48. The van der Waals surface area contributed by atoms with E-state index in [1.807, 2.05) is 18.2 Å². The second-order valence-corrected chi connectivity index (χ2v) is 4.98. The van der Waals surface area contributed by atoms with Gasteiger partial charge in [-0.2, -0.15) is 0 Å². The molecule has 3 aromatic rings. The van der Waals surface area contributed by atoms with E-state index in [-0.39, 0.29) is 28.7 Å². The Hall–Kier alpha value is -2.88. The number of fused-ring (bicyclic) bond motifs is 2. The Labute approximate surface area is 126 Å². The van der Waals surface area contributed by atoms with E-state index >= 15 is 0 Å². The molecule has 0 aliphatic heterocycles. The summed E-state index contributed by atoms with van der Waals surface area (Å²) in [5.74, 6) is -0.360. The zero-order chi connectivity index (χ0) is 15.7. The first-order chi connectivity index (χ1) is 10.6. The number of phenolic OH excluding ortho intramolecular Hbond substituents is 1. The van der Waals surface area contributed by atoms with Gasteiger partial charge in [0.15, 0.2) is 5.43 Å². The van der Waals surface area contributed by atoms with E-state index < -0.39 is 5.97 Å². The minimum Gasteiger partial charge on any atom is -0.507 e. The number of hydrogen-bond donors (Lipinski definition) is 1. The lowest BCUT2D eigenvalue weighted by Gasteiger charge is -2.04. The summed E-state index contributed by atoms with van der Waals surface area (Å²) in [6.45, 7) is 1.69. The summed E-state index contributed by atoms with van der Waals surface area (Å²) in [5.41, 5.74) is -0.249. The highest BCUT2D eigenvalue weighted by molar-refractivity contribution is 5.97. The summed E-state index contributed by atoms with van der Waals surface area (Å²) >= 11 is 0. The van der Waals surface area contributed by atoms with E-state index in [1.165, 1.54) is 6.07 Å². The smallest absolute Gasteiger partial charge is 0.310 e. The van der Waals surface area contributed by atoms with Gasteiger partial charge in [-0.25, -0.2) is 0 Å². The van der Waals surface area contributed by atoms with Crippen molar-refractivity contribution in [2.75, 3.05) is 0 Å². The Kier molecular flexibility index (Phi) is 3.51. The molecule has 0 bridgehead atoms. The molecular weight excluding hydrogens is 280 g/mol. The van der Waals surface area contributed by atoms with Gasteiger partial charge in [0.1, 0.15) is 11.5 Å². The van der Waals surface area contributed by atoms with Gasteiger partial charge in [0, 0.05) is 17.9 Å². The van der Waals surface area contributed by atoms with Crippen LogP contribution in [0.3, 0.4) is 0 Å². The van der Waals surface area contributed by atoms with Crippen molar-refractivity contribution < 1.29 is 14.6 Å². The van der Waals surface area contributed by atoms with Crippen LogP contribution < -0.4 is 10.2 Å². The third-order valence-electron chi connectivity index (χ3n) is 3.52. The van der Waals surface area contributed by atoms with Gasteiger partial charge in [0.2, 0.25) is 0 Å². The molecule has 0 amide bonds. The quantitative estimate of drug-likeness (QED) is 0.581. The largest absolute Gasteiger partial charge is 0.507 e. The summed E-state index contributed by atoms with van der Waals surface area (Å²) in [6, 6.07) is 13.6. The molecule has 0 aliphatic carbocycles. The first kappa shape index (κ1) is 14.1. The summed E-state index contributed by atoms with van der Waals surface area (Å²) in [5, 5.41) is 12.3. The van der Waals surface area contributed by atoms with Crippen LogP contribution in [-0.2, 0) is 4.79 Å². The van der Waals surface area contributed by atoms with Crippen LogP contribution in [-0.4, -0.2) is 11.1 Å². The van der Waals surface area contributed by atoms with Gasteiger partial charge in [-0.05, 0) is 16.8 Å². The van der Waals surface area contributed by atoms with Crippen LogP contribution in [0.5, 0.6) is 11.5 Å².